The molecule has 3 aromatic rings. The average Bonchev–Trinajstić information content (AvgIpc) is 3.28. The molecule has 1 aliphatic rings. The van der Waals surface area contributed by atoms with E-state index in [1.165, 1.54) is 0 Å². The summed E-state index contributed by atoms with van der Waals surface area (Å²) in [5.41, 5.74) is 4.50. The van der Waals surface area contributed by atoms with Crippen molar-refractivity contribution in [2.24, 2.45) is 0 Å². The van der Waals surface area contributed by atoms with Gasteiger partial charge in [0.15, 0.2) is 5.82 Å². The molecule has 0 radical (unpaired) electrons. The molecule has 0 saturated carbocycles. The van der Waals surface area contributed by atoms with Crippen LogP contribution in [0.1, 0.15) is 34.9 Å². The number of rotatable bonds is 3. The van der Waals surface area contributed by atoms with E-state index in [0.717, 1.165) is 22.4 Å². The zero-order valence-electron chi connectivity index (χ0n) is 15.1. The minimum Gasteiger partial charge on any atom is -0.334 e. The number of aromatic nitrogens is 2. The van der Waals surface area contributed by atoms with E-state index in [9.17, 15) is 4.79 Å². The van der Waals surface area contributed by atoms with Crippen LogP contribution in [0.4, 0.5) is 5.69 Å². The topological polar surface area (TPSA) is 83.0 Å². The van der Waals surface area contributed by atoms with E-state index in [2.05, 4.69) is 22.3 Å². The Hall–Kier alpha value is -3.46. The molecular formula is C21H18N4O2. The quantitative estimate of drug-likeness (QED) is 0.712. The van der Waals surface area contributed by atoms with Crippen LogP contribution in [0.25, 0.3) is 11.5 Å². The van der Waals surface area contributed by atoms with E-state index in [-0.39, 0.29) is 11.8 Å². The Labute approximate surface area is 157 Å². The van der Waals surface area contributed by atoms with Crippen molar-refractivity contribution in [1.29, 1.82) is 5.26 Å². The molecule has 6 heteroatoms. The molecule has 0 N–H and O–H groups in total. The Kier molecular flexibility index (Phi) is 4.21. The van der Waals surface area contributed by atoms with Gasteiger partial charge in [0.25, 0.3) is 5.89 Å². The smallest absolute Gasteiger partial charge is 0.257 e. The number of carbonyl (C=O) groups is 1. The van der Waals surface area contributed by atoms with Crippen LogP contribution in [0.2, 0.25) is 0 Å². The summed E-state index contributed by atoms with van der Waals surface area (Å²) in [5.74, 6) is 0.894. The number of hydrogen-bond acceptors (Lipinski definition) is 5. The van der Waals surface area contributed by atoms with Crippen LogP contribution in [0.15, 0.2) is 47.0 Å². The molecule has 2 aromatic carbocycles. The molecule has 1 saturated heterocycles. The van der Waals surface area contributed by atoms with Crippen LogP contribution >= 0.6 is 0 Å². The zero-order valence-corrected chi connectivity index (χ0v) is 15.1. The van der Waals surface area contributed by atoms with Crippen molar-refractivity contribution >= 4 is 11.6 Å². The summed E-state index contributed by atoms with van der Waals surface area (Å²) in [4.78, 5) is 18.8. The molecule has 0 bridgehead atoms. The number of aryl methyl sites for hydroxylation is 2. The summed E-state index contributed by atoms with van der Waals surface area (Å²) < 4.78 is 5.38. The lowest BCUT2D eigenvalue weighted by Crippen LogP contribution is -2.24. The average molecular weight is 358 g/mol. The Bertz CT molecular complexity index is 1030. The highest BCUT2D eigenvalue weighted by atomic mass is 16.5. The molecule has 4 rings (SSSR count). The van der Waals surface area contributed by atoms with Gasteiger partial charge in [-0.3, -0.25) is 4.79 Å². The third kappa shape index (κ3) is 3.32. The first-order chi connectivity index (χ1) is 13.0. The molecule has 134 valence electrons. The summed E-state index contributed by atoms with van der Waals surface area (Å²) >= 11 is 0. The van der Waals surface area contributed by atoms with E-state index < -0.39 is 0 Å². The summed E-state index contributed by atoms with van der Waals surface area (Å²) in [6.45, 7) is 4.59. The van der Waals surface area contributed by atoms with Crippen molar-refractivity contribution in [3.63, 3.8) is 0 Å². The lowest BCUT2D eigenvalue weighted by Gasteiger charge is -2.17. The summed E-state index contributed by atoms with van der Waals surface area (Å²) in [5, 5.41) is 13.0. The van der Waals surface area contributed by atoms with Gasteiger partial charge < -0.3 is 9.42 Å². The minimum absolute atomic E-state index is 0.0646. The molecular weight excluding hydrogens is 340 g/mol. The predicted molar refractivity (Wildman–Crippen MR) is 100 cm³/mol. The first-order valence-electron chi connectivity index (χ1n) is 8.76. The fourth-order valence-corrected chi connectivity index (χ4v) is 3.44. The highest BCUT2D eigenvalue weighted by Gasteiger charge is 2.34. The Morgan fingerprint density at radius 1 is 1.15 bits per heavy atom. The van der Waals surface area contributed by atoms with E-state index in [1.54, 1.807) is 29.2 Å². The van der Waals surface area contributed by atoms with Crippen molar-refractivity contribution in [1.82, 2.24) is 10.1 Å². The molecule has 6 nitrogen and oxygen atoms in total. The first-order valence-corrected chi connectivity index (χ1v) is 8.76. The lowest BCUT2D eigenvalue weighted by atomic mass is 10.1. The van der Waals surface area contributed by atoms with E-state index >= 15 is 0 Å². The summed E-state index contributed by atoms with van der Waals surface area (Å²) in [7, 11) is 0. The molecule has 1 amide bonds. The Morgan fingerprint density at radius 3 is 2.52 bits per heavy atom. The van der Waals surface area contributed by atoms with E-state index in [0.29, 0.717) is 30.2 Å². The maximum absolute atomic E-state index is 12.5. The fourth-order valence-electron chi connectivity index (χ4n) is 3.44. The maximum Gasteiger partial charge on any atom is 0.257 e. The number of hydrogen-bond donors (Lipinski definition) is 0. The normalized spacial score (nSPS) is 16.6. The van der Waals surface area contributed by atoms with Gasteiger partial charge in [-0.05, 0) is 61.4 Å². The number of anilines is 1. The van der Waals surface area contributed by atoms with Gasteiger partial charge in [0.1, 0.15) is 0 Å². The predicted octanol–water partition coefficient (Wildman–Crippen LogP) is 3.75. The highest BCUT2D eigenvalue weighted by molar-refractivity contribution is 5.96. The van der Waals surface area contributed by atoms with Gasteiger partial charge in [-0.15, -0.1) is 0 Å². The van der Waals surface area contributed by atoms with Crippen molar-refractivity contribution in [3.8, 4) is 17.5 Å². The largest absolute Gasteiger partial charge is 0.334 e. The van der Waals surface area contributed by atoms with Crippen LogP contribution in [0, 0.1) is 25.2 Å². The molecule has 1 atom stereocenters. The lowest BCUT2D eigenvalue weighted by molar-refractivity contribution is -0.117. The molecule has 1 aromatic heterocycles. The number of carbonyl (C=O) groups excluding carboxylic acids is 1. The second-order valence-corrected chi connectivity index (χ2v) is 6.90. The number of amides is 1. The monoisotopic (exact) mass is 358 g/mol. The first kappa shape index (κ1) is 17.0. The third-order valence-corrected chi connectivity index (χ3v) is 4.71. The van der Waals surface area contributed by atoms with Gasteiger partial charge in [0, 0.05) is 30.1 Å². The molecule has 0 aliphatic carbocycles. The van der Waals surface area contributed by atoms with Gasteiger partial charge in [0.05, 0.1) is 11.6 Å². The fraction of sp³-hybridized carbons (Fsp3) is 0.238. The van der Waals surface area contributed by atoms with Crippen LogP contribution < -0.4 is 4.90 Å². The minimum atomic E-state index is -0.103. The number of nitriles is 1. The van der Waals surface area contributed by atoms with E-state index in [1.807, 2.05) is 26.0 Å². The van der Waals surface area contributed by atoms with Crippen molar-refractivity contribution < 1.29 is 9.32 Å². The molecule has 1 unspecified atom stereocenters. The molecule has 0 spiro atoms. The van der Waals surface area contributed by atoms with Gasteiger partial charge >= 0.3 is 0 Å². The SMILES string of the molecule is Cc1cc(C)cc(N2CC(c3noc(-c4ccc(C#N)cc4)n3)CC2=O)c1. The van der Waals surface area contributed by atoms with Gasteiger partial charge in [0.2, 0.25) is 5.91 Å². The second kappa shape index (κ2) is 6.69. The van der Waals surface area contributed by atoms with Gasteiger partial charge in [-0.1, -0.05) is 11.2 Å². The van der Waals surface area contributed by atoms with Gasteiger partial charge in [-0.2, -0.15) is 10.2 Å². The highest BCUT2D eigenvalue weighted by Crippen LogP contribution is 2.32. The Balaban J connectivity index is 1.55. The second-order valence-electron chi connectivity index (χ2n) is 6.90. The zero-order chi connectivity index (χ0) is 19.0. The number of benzene rings is 2. The van der Waals surface area contributed by atoms with Crippen molar-refractivity contribution in [2.75, 3.05) is 11.4 Å². The van der Waals surface area contributed by atoms with Crippen LogP contribution in [0.5, 0.6) is 0 Å². The molecule has 1 fully saturated rings. The molecule has 2 heterocycles. The summed E-state index contributed by atoms with van der Waals surface area (Å²) in [6.07, 6.45) is 0.360. The van der Waals surface area contributed by atoms with Gasteiger partial charge in [-0.25, -0.2) is 0 Å². The van der Waals surface area contributed by atoms with Crippen molar-refractivity contribution in [2.45, 2.75) is 26.2 Å². The standard InChI is InChI=1S/C21H18N4O2/c1-13-7-14(2)9-18(8-13)25-12-17(10-19(25)26)20-23-21(27-24-20)16-5-3-15(11-22)4-6-16/h3-9,17H,10,12H2,1-2H3. The third-order valence-electron chi connectivity index (χ3n) is 4.71. The maximum atomic E-state index is 12.5. The molecule has 27 heavy (non-hydrogen) atoms. The van der Waals surface area contributed by atoms with Crippen LogP contribution in [-0.4, -0.2) is 22.6 Å². The van der Waals surface area contributed by atoms with Crippen LogP contribution in [-0.2, 0) is 4.79 Å². The van der Waals surface area contributed by atoms with E-state index in [4.69, 9.17) is 9.78 Å². The molecule has 1 aliphatic heterocycles. The summed E-state index contributed by atoms with van der Waals surface area (Å²) in [6, 6.07) is 15.2. The number of nitrogens with zero attached hydrogens (tertiary/aromatic N) is 4. The van der Waals surface area contributed by atoms with Crippen LogP contribution in [0.3, 0.4) is 0 Å². The van der Waals surface area contributed by atoms with Crippen molar-refractivity contribution in [3.05, 3.63) is 65.0 Å². The Morgan fingerprint density at radius 2 is 1.85 bits per heavy atom.